The van der Waals surface area contributed by atoms with Gasteiger partial charge in [0, 0.05) is 28.4 Å². The van der Waals surface area contributed by atoms with Crippen molar-refractivity contribution in [2.45, 2.75) is 0 Å². The number of rotatable bonds is 6. The van der Waals surface area contributed by atoms with Gasteiger partial charge >= 0.3 is 0 Å². The van der Waals surface area contributed by atoms with Gasteiger partial charge in [-0.2, -0.15) is 0 Å². The molecule has 5 aromatic rings. The molecule has 3 aromatic carbocycles. The molecule has 34 heavy (non-hydrogen) atoms. The van der Waals surface area contributed by atoms with Crippen LogP contribution in [0, 0.1) is 0 Å². The number of carbonyl (C=O) groups excluding carboxylic acids is 1. The van der Waals surface area contributed by atoms with E-state index in [0.717, 1.165) is 33.6 Å². The van der Waals surface area contributed by atoms with Crippen molar-refractivity contribution in [2.24, 2.45) is 0 Å². The van der Waals surface area contributed by atoms with Crippen molar-refractivity contribution in [2.75, 3.05) is 17.7 Å². The van der Waals surface area contributed by atoms with Gasteiger partial charge in [-0.15, -0.1) is 0 Å². The molecular formula is C27H21N5O2. The number of nitrogens with one attached hydrogen (secondary N) is 2. The SMILES string of the molecule is COc1ccccc1-c1cc(Nc2ccc(NC(=O)c3ccc4ccccc4n3)cc2)ncn1. The molecule has 0 atom stereocenters. The van der Waals surface area contributed by atoms with Crippen LogP contribution < -0.4 is 15.4 Å². The van der Waals surface area contributed by atoms with Gasteiger partial charge in [-0.25, -0.2) is 15.0 Å². The molecule has 0 aliphatic rings. The number of pyridine rings is 1. The lowest BCUT2D eigenvalue weighted by Gasteiger charge is -2.10. The Morgan fingerprint density at radius 2 is 1.59 bits per heavy atom. The highest BCUT2D eigenvalue weighted by Gasteiger charge is 2.10. The maximum atomic E-state index is 12.6. The van der Waals surface area contributed by atoms with Crippen LogP contribution in [0.4, 0.5) is 17.2 Å². The number of nitrogens with zero attached hydrogens (tertiary/aromatic N) is 3. The number of aromatic nitrogens is 3. The van der Waals surface area contributed by atoms with Gasteiger partial charge in [-0.1, -0.05) is 36.4 Å². The summed E-state index contributed by atoms with van der Waals surface area (Å²) in [5.41, 5.74) is 4.28. The largest absolute Gasteiger partial charge is 0.496 e. The molecule has 7 nitrogen and oxygen atoms in total. The molecule has 2 aromatic heterocycles. The van der Waals surface area contributed by atoms with Gasteiger partial charge in [0.1, 0.15) is 23.6 Å². The molecule has 7 heteroatoms. The van der Waals surface area contributed by atoms with Gasteiger partial charge in [0.2, 0.25) is 0 Å². The van der Waals surface area contributed by atoms with Crippen LogP contribution in [0.2, 0.25) is 0 Å². The number of fused-ring (bicyclic) bond motifs is 1. The van der Waals surface area contributed by atoms with Gasteiger partial charge in [0.15, 0.2) is 0 Å². The van der Waals surface area contributed by atoms with E-state index in [1.807, 2.05) is 84.9 Å². The Morgan fingerprint density at radius 1 is 0.824 bits per heavy atom. The molecule has 166 valence electrons. The summed E-state index contributed by atoms with van der Waals surface area (Å²) < 4.78 is 5.44. The van der Waals surface area contributed by atoms with Crippen molar-refractivity contribution in [3.05, 3.63) is 103 Å². The summed E-state index contributed by atoms with van der Waals surface area (Å²) in [4.78, 5) is 25.8. The number of para-hydroxylation sites is 2. The van der Waals surface area contributed by atoms with Crippen LogP contribution in [0.5, 0.6) is 5.75 Å². The maximum Gasteiger partial charge on any atom is 0.274 e. The van der Waals surface area contributed by atoms with E-state index in [9.17, 15) is 4.79 Å². The standard InChI is InChI=1S/C27H21N5O2/c1-34-25-9-5-3-7-21(25)24-16-26(29-17-28-24)30-19-11-13-20(14-12-19)31-27(33)23-15-10-18-6-2-4-8-22(18)32-23/h2-17H,1H3,(H,31,33)(H,28,29,30). The fourth-order valence-electron chi connectivity index (χ4n) is 3.60. The minimum Gasteiger partial charge on any atom is -0.496 e. The number of benzene rings is 3. The predicted molar refractivity (Wildman–Crippen MR) is 133 cm³/mol. The Labute approximate surface area is 196 Å². The zero-order chi connectivity index (χ0) is 23.3. The molecule has 0 bridgehead atoms. The first-order valence-corrected chi connectivity index (χ1v) is 10.7. The number of hydrogen-bond acceptors (Lipinski definition) is 6. The molecule has 2 N–H and O–H groups in total. The van der Waals surface area contributed by atoms with Crippen LogP contribution in [0.1, 0.15) is 10.5 Å². The molecular weight excluding hydrogens is 426 g/mol. The van der Waals surface area contributed by atoms with E-state index in [-0.39, 0.29) is 5.91 Å². The number of ether oxygens (including phenoxy) is 1. The Morgan fingerprint density at radius 3 is 2.44 bits per heavy atom. The number of anilines is 3. The first kappa shape index (κ1) is 21.1. The van der Waals surface area contributed by atoms with Gasteiger partial charge in [-0.3, -0.25) is 4.79 Å². The molecule has 1 amide bonds. The van der Waals surface area contributed by atoms with Crippen molar-refractivity contribution >= 4 is 34.0 Å². The van der Waals surface area contributed by atoms with E-state index in [0.29, 0.717) is 17.2 Å². The molecule has 0 aliphatic carbocycles. The highest BCUT2D eigenvalue weighted by atomic mass is 16.5. The Balaban J connectivity index is 1.28. The summed E-state index contributed by atoms with van der Waals surface area (Å²) in [6.07, 6.45) is 1.51. The molecule has 5 rings (SSSR count). The van der Waals surface area contributed by atoms with Gasteiger partial charge < -0.3 is 15.4 Å². The second-order valence-corrected chi connectivity index (χ2v) is 7.53. The smallest absolute Gasteiger partial charge is 0.274 e. The maximum absolute atomic E-state index is 12.6. The van der Waals surface area contributed by atoms with E-state index in [1.54, 1.807) is 13.2 Å². The topological polar surface area (TPSA) is 89.0 Å². The fourth-order valence-corrected chi connectivity index (χ4v) is 3.60. The van der Waals surface area contributed by atoms with E-state index in [2.05, 4.69) is 25.6 Å². The first-order chi connectivity index (χ1) is 16.7. The molecule has 0 radical (unpaired) electrons. The number of methoxy groups -OCH3 is 1. The lowest BCUT2D eigenvalue weighted by Crippen LogP contribution is -2.13. The summed E-state index contributed by atoms with van der Waals surface area (Å²) in [5.74, 6) is 1.13. The monoisotopic (exact) mass is 447 g/mol. The number of amides is 1. The van der Waals surface area contributed by atoms with Crippen molar-refractivity contribution < 1.29 is 9.53 Å². The lowest BCUT2D eigenvalue weighted by atomic mass is 10.1. The number of hydrogen-bond donors (Lipinski definition) is 2. The highest BCUT2D eigenvalue weighted by molar-refractivity contribution is 6.04. The Hall–Kier alpha value is -4.78. The van der Waals surface area contributed by atoms with Gasteiger partial charge in [0.05, 0.1) is 18.3 Å². The molecule has 0 aliphatic heterocycles. The summed E-state index contributed by atoms with van der Waals surface area (Å²) in [6.45, 7) is 0. The second-order valence-electron chi connectivity index (χ2n) is 7.53. The summed E-state index contributed by atoms with van der Waals surface area (Å²) in [6, 6.07) is 28.3. The van der Waals surface area contributed by atoms with Crippen molar-refractivity contribution in [1.29, 1.82) is 0 Å². The first-order valence-electron chi connectivity index (χ1n) is 10.7. The molecule has 0 spiro atoms. The summed E-state index contributed by atoms with van der Waals surface area (Å²) in [5, 5.41) is 7.15. The van der Waals surface area contributed by atoms with Gasteiger partial charge in [-0.05, 0) is 48.5 Å². The van der Waals surface area contributed by atoms with E-state index < -0.39 is 0 Å². The minimum absolute atomic E-state index is 0.260. The van der Waals surface area contributed by atoms with E-state index in [4.69, 9.17) is 4.74 Å². The van der Waals surface area contributed by atoms with Crippen molar-refractivity contribution in [3.8, 4) is 17.0 Å². The van der Waals surface area contributed by atoms with Crippen LogP contribution in [0.25, 0.3) is 22.2 Å². The van der Waals surface area contributed by atoms with Crippen LogP contribution in [0.3, 0.4) is 0 Å². The quantitative estimate of drug-likeness (QED) is 0.347. The third-order valence-electron chi connectivity index (χ3n) is 5.30. The molecule has 0 unspecified atom stereocenters. The average molecular weight is 447 g/mol. The summed E-state index contributed by atoms with van der Waals surface area (Å²) >= 11 is 0. The third kappa shape index (κ3) is 4.54. The van der Waals surface area contributed by atoms with Crippen molar-refractivity contribution in [1.82, 2.24) is 15.0 Å². The zero-order valence-corrected chi connectivity index (χ0v) is 18.4. The Bertz CT molecular complexity index is 1470. The van der Waals surface area contributed by atoms with E-state index >= 15 is 0 Å². The Kier molecular flexibility index (Phi) is 5.82. The molecule has 0 saturated heterocycles. The van der Waals surface area contributed by atoms with Crippen LogP contribution in [0.15, 0.2) is 97.3 Å². The fraction of sp³-hybridized carbons (Fsp3) is 0.0370. The molecule has 2 heterocycles. The summed E-state index contributed by atoms with van der Waals surface area (Å²) in [7, 11) is 1.63. The van der Waals surface area contributed by atoms with Crippen LogP contribution >= 0.6 is 0 Å². The van der Waals surface area contributed by atoms with Crippen molar-refractivity contribution in [3.63, 3.8) is 0 Å². The lowest BCUT2D eigenvalue weighted by molar-refractivity contribution is 0.102. The zero-order valence-electron chi connectivity index (χ0n) is 18.4. The third-order valence-corrected chi connectivity index (χ3v) is 5.30. The van der Waals surface area contributed by atoms with E-state index in [1.165, 1.54) is 6.33 Å². The normalized spacial score (nSPS) is 10.6. The van der Waals surface area contributed by atoms with Gasteiger partial charge in [0.25, 0.3) is 5.91 Å². The minimum atomic E-state index is -0.260. The average Bonchev–Trinajstić information content (AvgIpc) is 2.89. The predicted octanol–water partition coefficient (Wildman–Crippen LogP) is 5.70. The number of carbonyl (C=O) groups is 1. The van der Waals surface area contributed by atoms with Crippen LogP contribution in [-0.4, -0.2) is 28.0 Å². The van der Waals surface area contributed by atoms with Crippen LogP contribution in [-0.2, 0) is 0 Å². The highest BCUT2D eigenvalue weighted by Crippen LogP contribution is 2.29. The molecule has 0 saturated carbocycles. The second kappa shape index (κ2) is 9.38. The molecule has 0 fully saturated rings.